The van der Waals surface area contributed by atoms with E-state index in [2.05, 4.69) is 21.9 Å². The van der Waals surface area contributed by atoms with Gasteiger partial charge >= 0.3 is 0 Å². The number of nitrogen functional groups attached to an aromatic ring is 1. The zero-order valence-electron chi connectivity index (χ0n) is 7.56. The monoisotopic (exact) mass is 214 g/mol. The Kier molecular flexibility index (Phi) is 2.70. The molecule has 1 aromatic heterocycles. The summed E-state index contributed by atoms with van der Waals surface area (Å²) in [6.07, 6.45) is 3.84. The third kappa shape index (κ3) is 2.43. The molecule has 0 aromatic carbocycles. The van der Waals surface area contributed by atoms with Crippen molar-refractivity contribution in [3.05, 3.63) is 24.0 Å². The standard InChI is InChI=1S/C7H10N4O2S/c1-5(14(2,12)13)11-7-6(8)9-3-4-10-7/h3-4H,1H2,2H3,(H2,8,9)(H,10,11). The number of rotatable bonds is 3. The van der Waals surface area contributed by atoms with Crippen LogP contribution in [-0.2, 0) is 9.84 Å². The molecule has 0 atom stereocenters. The number of hydrogen-bond donors (Lipinski definition) is 2. The van der Waals surface area contributed by atoms with Gasteiger partial charge < -0.3 is 11.1 Å². The van der Waals surface area contributed by atoms with Crippen molar-refractivity contribution in [2.24, 2.45) is 0 Å². The Hall–Kier alpha value is -1.63. The van der Waals surface area contributed by atoms with Crippen LogP contribution >= 0.6 is 0 Å². The molecule has 0 saturated carbocycles. The highest BCUT2D eigenvalue weighted by atomic mass is 32.2. The first kappa shape index (κ1) is 10.5. The van der Waals surface area contributed by atoms with Crippen molar-refractivity contribution in [3.63, 3.8) is 0 Å². The van der Waals surface area contributed by atoms with Crippen molar-refractivity contribution in [1.82, 2.24) is 9.97 Å². The molecule has 76 valence electrons. The second kappa shape index (κ2) is 3.62. The van der Waals surface area contributed by atoms with E-state index in [1.165, 1.54) is 12.4 Å². The largest absolute Gasteiger partial charge is 0.381 e. The fourth-order valence-corrected chi connectivity index (χ4v) is 0.952. The van der Waals surface area contributed by atoms with Crippen molar-refractivity contribution in [2.45, 2.75) is 0 Å². The number of anilines is 2. The van der Waals surface area contributed by atoms with E-state index in [4.69, 9.17) is 5.73 Å². The topological polar surface area (TPSA) is 98.0 Å². The molecule has 0 unspecified atom stereocenters. The third-order valence-corrected chi connectivity index (χ3v) is 2.43. The van der Waals surface area contributed by atoms with Gasteiger partial charge in [0.25, 0.3) is 0 Å². The van der Waals surface area contributed by atoms with Gasteiger partial charge in [-0.1, -0.05) is 6.58 Å². The molecule has 14 heavy (non-hydrogen) atoms. The van der Waals surface area contributed by atoms with Crippen LogP contribution in [0.5, 0.6) is 0 Å². The summed E-state index contributed by atoms with van der Waals surface area (Å²) in [6, 6.07) is 0. The van der Waals surface area contributed by atoms with Gasteiger partial charge in [-0.25, -0.2) is 18.4 Å². The highest BCUT2D eigenvalue weighted by Crippen LogP contribution is 2.13. The van der Waals surface area contributed by atoms with Gasteiger partial charge in [0.2, 0.25) is 0 Å². The molecule has 0 saturated heterocycles. The molecular formula is C7H10N4O2S. The van der Waals surface area contributed by atoms with E-state index in [9.17, 15) is 8.42 Å². The average Bonchev–Trinajstić information content (AvgIpc) is 2.07. The molecule has 0 spiro atoms. The van der Waals surface area contributed by atoms with Gasteiger partial charge in [0.15, 0.2) is 21.5 Å². The summed E-state index contributed by atoms with van der Waals surface area (Å²) in [5.74, 6) is 0.306. The van der Waals surface area contributed by atoms with E-state index in [1.54, 1.807) is 0 Å². The van der Waals surface area contributed by atoms with Crippen LogP contribution in [0.15, 0.2) is 24.0 Å². The first-order valence-corrected chi connectivity index (χ1v) is 5.53. The van der Waals surface area contributed by atoms with E-state index in [-0.39, 0.29) is 16.7 Å². The van der Waals surface area contributed by atoms with Gasteiger partial charge in [0.1, 0.15) is 5.03 Å². The zero-order chi connectivity index (χ0) is 10.8. The number of aromatic nitrogens is 2. The molecule has 1 heterocycles. The number of nitrogens with two attached hydrogens (primary N) is 1. The van der Waals surface area contributed by atoms with Crippen LogP contribution < -0.4 is 11.1 Å². The minimum atomic E-state index is -3.35. The summed E-state index contributed by atoms with van der Waals surface area (Å²) >= 11 is 0. The Bertz CT molecular complexity index is 455. The molecule has 6 nitrogen and oxygen atoms in total. The van der Waals surface area contributed by atoms with Crippen molar-refractivity contribution in [3.8, 4) is 0 Å². The maximum atomic E-state index is 11.0. The summed E-state index contributed by atoms with van der Waals surface area (Å²) in [5, 5.41) is 2.31. The quantitative estimate of drug-likeness (QED) is 0.734. The van der Waals surface area contributed by atoms with Crippen molar-refractivity contribution < 1.29 is 8.42 Å². The number of nitrogens with zero attached hydrogens (tertiary/aromatic N) is 2. The molecule has 7 heteroatoms. The number of hydrogen-bond acceptors (Lipinski definition) is 6. The minimum Gasteiger partial charge on any atom is -0.381 e. The lowest BCUT2D eigenvalue weighted by atomic mass is 10.6. The molecule has 1 aromatic rings. The Balaban J connectivity index is 2.91. The molecule has 0 fully saturated rings. The van der Waals surface area contributed by atoms with Crippen LogP contribution in [0, 0.1) is 0 Å². The predicted molar refractivity (Wildman–Crippen MR) is 54.1 cm³/mol. The first-order chi connectivity index (χ1) is 6.41. The van der Waals surface area contributed by atoms with Crippen LogP contribution in [-0.4, -0.2) is 24.6 Å². The highest BCUT2D eigenvalue weighted by molar-refractivity contribution is 7.94. The molecule has 0 aliphatic rings. The smallest absolute Gasteiger partial charge is 0.190 e. The SMILES string of the molecule is C=C(Nc1nccnc1N)S(C)(=O)=O. The number of nitrogens with one attached hydrogen (secondary N) is 1. The third-order valence-electron chi connectivity index (χ3n) is 1.43. The average molecular weight is 214 g/mol. The van der Waals surface area contributed by atoms with Gasteiger partial charge in [-0.3, -0.25) is 0 Å². The maximum Gasteiger partial charge on any atom is 0.190 e. The van der Waals surface area contributed by atoms with Gasteiger partial charge in [0, 0.05) is 18.6 Å². The zero-order valence-corrected chi connectivity index (χ0v) is 8.37. The molecule has 1 rings (SSSR count). The Morgan fingerprint density at radius 1 is 1.50 bits per heavy atom. The lowest BCUT2D eigenvalue weighted by Crippen LogP contribution is -2.11. The summed E-state index contributed by atoms with van der Waals surface area (Å²) in [4.78, 5) is 7.54. The van der Waals surface area contributed by atoms with Crippen molar-refractivity contribution in [1.29, 1.82) is 0 Å². The summed E-state index contributed by atoms with van der Waals surface area (Å²) in [5.41, 5.74) is 5.44. The molecular weight excluding hydrogens is 204 g/mol. The summed E-state index contributed by atoms with van der Waals surface area (Å²) < 4.78 is 22.0. The van der Waals surface area contributed by atoms with E-state index in [1.807, 2.05) is 0 Å². The maximum absolute atomic E-state index is 11.0. The predicted octanol–water partition coefficient (Wildman–Crippen LogP) is -0.0135. The van der Waals surface area contributed by atoms with Crippen molar-refractivity contribution in [2.75, 3.05) is 17.3 Å². The molecule has 0 aliphatic carbocycles. The lowest BCUT2D eigenvalue weighted by molar-refractivity contribution is 0.608. The fourth-order valence-electron chi connectivity index (χ4n) is 0.670. The van der Waals surface area contributed by atoms with Gasteiger partial charge in [-0.2, -0.15) is 0 Å². The van der Waals surface area contributed by atoms with Crippen LogP contribution in [0.25, 0.3) is 0 Å². The molecule has 3 N–H and O–H groups in total. The molecule has 0 amide bonds. The van der Waals surface area contributed by atoms with Crippen molar-refractivity contribution >= 4 is 21.5 Å². The Morgan fingerprint density at radius 3 is 2.57 bits per heavy atom. The van der Waals surface area contributed by atoms with E-state index < -0.39 is 9.84 Å². The summed E-state index contributed by atoms with van der Waals surface area (Å²) in [6.45, 7) is 3.34. The first-order valence-electron chi connectivity index (χ1n) is 3.63. The minimum absolute atomic E-state index is 0.123. The fraction of sp³-hybridized carbons (Fsp3) is 0.143. The lowest BCUT2D eigenvalue weighted by Gasteiger charge is -2.07. The van der Waals surface area contributed by atoms with Crippen LogP contribution in [0.1, 0.15) is 0 Å². The Morgan fingerprint density at radius 2 is 2.07 bits per heavy atom. The normalized spacial score (nSPS) is 10.9. The van der Waals surface area contributed by atoms with Crippen LogP contribution in [0.3, 0.4) is 0 Å². The highest BCUT2D eigenvalue weighted by Gasteiger charge is 2.10. The van der Waals surface area contributed by atoms with Crippen LogP contribution in [0.2, 0.25) is 0 Å². The van der Waals surface area contributed by atoms with Gasteiger partial charge in [-0.15, -0.1) is 0 Å². The number of sulfone groups is 1. The van der Waals surface area contributed by atoms with E-state index in [0.29, 0.717) is 0 Å². The van der Waals surface area contributed by atoms with Gasteiger partial charge in [0.05, 0.1) is 0 Å². The molecule has 0 bridgehead atoms. The second-order valence-electron chi connectivity index (χ2n) is 2.61. The Labute approximate surface area is 81.8 Å². The second-order valence-corrected chi connectivity index (χ2v) is 4.65. The van der Waals surface area contributed by atoms with E-state index >= 15 is 0 Å². The van der Waals surface area contributed by atoms with Crippen LogP contribution in [0.4, 0.5) is 11.6 Å². The van der Waals surface area contributed by atoms with E-state index in [0.717, 1.165) is 6.26 Å². The van der Waals surface area contributed by atoms with Gasteiger partial charge in [-0.05, 0) is 0 Å². The summed E-state index contributed by atoms with van der Waals surface area (Å²) in [7, 11) is -3.35. The molecule has 0 aliphatic heterocycles. The molecule has 0 radical (unpaired) electrons.